The van der Waals surface area contributed by atoms with E-state index in [2.05, 4.69) is 176 Å². The molecule has 4 heteroatoms. The maximum atomic E-state index is 5.46. The van der Waals surface area contributed by atoms with Gasteiger partial charge >= 0.3 is 0 Å². The van der Waals surface area contributed by atoms with Gasteiger partial charge in [-0.05, 0) is 75.8 Å². The summed E-state index contributed by atoms with van der Waals surface area (Å²) < 4.78 is 0. The minimum atomic E-state index is 0.935. The van der Waals surface area contributed by atoms with E-state index in [-0.39, 0.29) is 0 Å². The van der Waals surface area contributed by atoms with Gasteiger partial charge in [-0.25, -0.2) is 19.9 Å². The summed E-state index contributed by atoms with van der Waals surface area (Å²) in [6.07, 6.45) is 1.95. The Morgan fingerprint density at radius 3 is 1.52 bits per heavy atom. The van der Waals surface area contributed by atoms with Crippen molar-refractivity contribution in [2.24, 2.45) is 0 Å². The second-order valence-electron chi connectivity index (χ2n) is 15.3. The minimum Gasteiger partial charge on any atom is -0.248 e. The lowest BCUT2D eigenvalue weighted by Gasteiger charge is -2.20. The highest BCUT2D eigenvalue weighted by atomic mass is 14.8. The Hall–Kier alpha value is -7.56. The molecule has 12 rings (SSSR count). The van der Waals surface area contributed by atoms with E-state index < -0.39 is 0 Å². The van der Waals surface area contributed by atoms with Gasteiger partial charge in [0.05, 0.1) is 45.2 Å². The van der Waals surface area contributed by atoms with Gasteiger partial charge in [0.1, 0.15) is 0 Å². The van der Waals surface area contributed by atoms with E-state index in [1.54, 1.807) is 0 Å². The zero-order valence-electron chi connectivity index (χ0n) is 31.5. The molecular formula is C54H34N4. The highest BCUT2D eigenvalue weighted by Gasteiger charge is 2.21. The second-order valence-corrected chi connectivity index (χ2v) is 15.3. The first-order valence-corrected chi connectivity index (χ1v) is 19.9. The minimum absolute atomic E-state index is 0.935. The largest absolute Gasteiger partial charge is 0.248 e. The van der Waals surface area contributed by atoms with E-state index in [9.17, 15) is 0 Å². The number of fused-ring (bicyclic) bond motifs is 12. The molecule has 1 aliphatic rings. The molecule has 0 atom stereocenters. The second kappa shape index (κ2) is 13.0. The number of aromatic nitrogens is 4. The van der Waals surface area contributed by atoms with Crippen LogP contribution in [0.4, 0.5) is 0 Å². The van der Waals surface area contributed by atoms with E-state index in [1.807, 2.05) is 6.07 Å². The molecule has 58 heavy (non-hydrogen) atoms. The van der Waals surface area contributed by atoms with Crippen LogP contribution < -0.4 is 0 Å². The zero-order valence-corrected chi connectivity index (χ0v) is 31.5. The summed E-state index contributed by atoms with van der Waals surface area (Å²) in [5.41, 5.74) is 14.6. The average Bonchev–Trinajstić information content (AvgIpc) is 3.31. The van der Waals surface area contributed by atoms with Crippen LogP contribution >= 0.6 is 0 Å². The lowest BCUT2D eigenvalue weighted by atomic mass is 9.91. The number of rotatable bonds is 4. The topological polar surface area (TPSA) is 51.6 Å². The molecule has 1 aliphatic carbocycles. The van der Waals surface area contributed by atoms with Gasteiger partial charge in [-0.2, -0.15) is 0 Å². The van der Waals surface area contributed by atoms with Crippen molar-refractivity contribution in [3.63, 3.8) is 0 Å². The highest BCUT2D eigenvalue weighted by Crippen LogP contribution is 2.41. The van der Waals surface area contributed by atoms with Crippen LogP contribution in [-0.2, 0) is 12.8 Å². The third kappa shape index (κ3) is 5.23. The van der Waals surface area contributed by atoms with Crippen molar-refractivity contribution in [1.29, 1.82) is 0 Å². The Balaban J connectivity index is 0.890. The molecule has 11 aromatic rings. The maximum Gasteiger partial charge on any atom is 0.0928 e. The van der Waals surface area contributed by atoms with Crippen molar-refractivity contribution >= 4 is 54.1 Å². The summed E-state index contributed by atoms with van der Waals surface area (Å²) in [5.74, 6) is 0. The monoisotopic (exact) mass is 738 g/mol. The van der Waals surface area contributed by atoms with Crippen molar-refractivity contribution < 1.29 is 0 Å². The van der Waals surface area contributed by atoms with Crippen LogP contribution in [0.3, 0.4) is 0 Å². The number of pyridine rings is 4. The Morgan fingerprint density at radius 1 is 0.310 bits per heavy atom. The van der Waals surface area contributed by atoms with Gasteiger partial charge in [-0.3, -0.25) is 0 Å². The van der Waals surface area contributed by atoms with Crippen LogP contribution in [0.2, 0.25) is 0 Å². The van der Waals surface area contributed by atoms with Crippen molar-refractivity contribution in [3.05, 3.63) is 193 Å². The number of aryl methyl sites for hydroxylation is 2. The van der Waals surface area contributed by atoms with Crippen molar-refractivity contribution in [1.82, 2.24) is 19.9 Å². The predicted molar refractivity (Wildman–Crippen MR) is 240 cm³/mol. The molecule has 0 unspecified atom stereocenters. The first-order chi connectivity index (χ1) is 28.7. The summed E-state index contributed by atoms with van der Waals surface area (Å²) in [7, 11) is 0. The molecule has 0 saturated carbocycles. The first kappa shape index (κ1) is 32.7. The Bertz CT molecular complexity index is 3440. The molecule has 0 saturated heterocycles. The Kier molecular flexibility index (Phi) is 7.32. The summed E-state index contributed by atoms with van der Waals surface area (Å²) in [6, 6.07) is 64.6. The fourth-order valence-corrected chi connectivity index (χ4v) is 9.05. The summed E-state index contributed by atoms with van der Waals surface area (Å²) in [4.78, 5) is 21.0. The fraction of sp³-hybridized carbons (Fsp3) is 0.0370. The molecule has 7 aromatic carbocycles. The molecular weight excluding hydrogens is 705 g/mol. The number of hydrogen-bond donors (Lipinski definition) is 0. The lowest BCUT2D eigenvalue weighted by Crippen LogP contribution is -2.08. The van der Waals surface area contributed by atoms with Crippen LogP contribution in [0.5, 0.6) is 0 Å². The van der Waals surface area contributed by atoms with E-state index in [1.165, 1.54) is 43.4 Å². The van der Waals surface area contributed by atoms with Crippen molar-refractivity contribution in [2.75, 3.05) is 0 Å². The fourth-order valence-electron chi connectivity index (χ4n) is 9.05. The quantitative estimate of drug-likeness (QED) is 0.169. The summed E-state index contributed by atoms with van der Waals surface area (Å²) in [6.45, 7) is 0. The average molecular weight is 739 g/mol. The molecule has 4 aromatic heterocycles. The van der Waals surface area contributed by atoms with E-state index in [0.29, 0.717) is 0 Å². The van der Waals surface area contributed by atoms with Gasteiger partial charge in [-0.15, -0.1) is 0 Å². The molecule has 0 N–H and O–H groups in total. The van der Waals surface area contributed by atoms with Crippen LogP contribution in [-0.4, -0.2) is 19.9 Å². The normalized spacial score (nSPS) is 12.3. The summed E-state index contributed by atoms with van der Waals surface area (Å²) in [5, 5.41) is 9.53. The van der Waals surface area contributed by atoms with Crippen LogP contribution in [0, 0.1) is 0 Å². The third-order valence-electron chi connectivity index (χ3n) is 11.9. The Morgan fingerprint density at radius 2 is 0.810 bits per heavy atom. The predicted octanol–water partition coefficient (Wildman–Crippen LogP) is 13.5. The van der Waals surface area contributed by atoms with E-state index in [4.69, 9.17) is 19.9 Å². The molecule has 4 nitrogen and oxygen atoms in total. The maximum absolute atomic E-state index is 5.46. The van der Waals surface area contributed by atoms with Gasteiger partial charge in [-0.1, -0.05) is 152 Å². The van der Waals surface area contributed by atoms with Gasteiger partial charge < -0.3 is 0 Å². The van der Waals surface area contributed by atoms with Gasteiger partial charge in [0.25, 0.3) is 0 Å². The van der Waals surface area contributed by atoms with Crippen molar-refractivity contribution in [3.8, 4) is 56.4 Å². The SMILES string of the molecule is c1ccc(-c2ccc3c(n2)-c2nc(-c4ccc5nc(-c6ccc(-c7nc8c9ccccc9c9ccccc9c8c8ccccc78)cc6)ccc5c4)ccc2CC3)cc1. The zero-order chi connectivity index (χ0) is 38.2. The van der Waals surface area contributed by atoms with Crippen LogP contribution in [0.1, 0.15) is 11.1 Å². The molecule has 0 spiro atoms. The summed E-state index contributed by atoms with van der Waals surface area (Å²) >= 11 is 0. The molecule has 0 fully saturated rings. The highest BCUT2D eigenvalue weighted by molar-refractivity contribution is 6.31. The van der Waals surface area contributed by atoms with Crippen molar-refractivity contribution in [2.45, 2.75) is 12.8 Å². The van der Waals surface area contributed by atoms with E-state index >= 15 is 0 Å². The van der Waals surface area contributed by atoms with Crippen LogP contribution in [0.25, 0.3) is 111 Å². The molecule has 0 aliphatic heterocycles. The van der Waals surface area contributed by atoms with Gasteiger partial charge in [0.2, 0.25) is 0 Å². The number of nitrogens with zero attached hydrogens (tertiary/aromatic N) is 4. The smallest absolute Gasteiger partial charge is 0.0928 e. The van der Waals surface area contributed by atoms with Gasteiger partial charge in [0, 0.05) is 43.8 Å². The lowest BCUT2D eigenvalue weighted by molar-refractivity contribution is 0.914. The van der Waals surface area contributed by atoms with E-state index in [0.717, 1.165) is 91.1 Å². The van der Waals surface area contributed by atoms with Gasteiger partial charge in [0.15, 0.2) is 0 Å². The number of benzene rings is 7. The standard InChI is InChI=1S/C54H34N4/c1-2-10-33(11-3-1)47-28-24-36-22-23-37-25-29-49(57-53(37)52(36)56-47)39-27-31-48-38(32-39)26-30-46(55-48)34-18-20-35(21-19-34)51-45-17-9-7-15-43(45)50-42-14-6-4-12-40(42)41-13-5-8-16-44(41)54(50)58-51/h1-21,24-32H,22-23H2. The molecule has 0 bridgehead atoms. The Labute approximate surface area is 335 Å². The molecule has 0 amide bonds. The van der Waals surface area contributed by atoms with Crippen LogP contribution in [0.15, 0.2) is 182 Å². The number of hydrogen-bond acceptors (Lipinski definition) is 4. The third-order valence-corrected chi connectivity index (χ3v) is 11.9. The molecule has 4 heterocycles. The molecule has 0 radical (unpaired) electrons. The first-order valence-electron chi connectivity index (χ1n) is 19.9. The molecule has 270 valence electrons.